The number of nitrogens with two attached hydrogens (primary N) is 4. The lowest BCUT2D eigenvalue weighted by atomic mass is 10.0. The van der Waals surface area contributed by atoms with Crippen LogP contribution in [0.1, 0.15) is 207 Å². The predicted molar refractivity (Wildman–Crippen MR) is 522 cm³/mol. The minimum Gasteiger partial charge on any atom is -0.481 e. The van der Waals surface area contributed by atoms with Crippen molar-refractivity contribution in [2.24, 2.45) is 34.8 Å². The summed E-state index contributed by atoms with van der Waals surface area (Å²) in [6.07, 6.45) is 1.79. The maximum atomic E-state index is 15.7. The van der Waals surface area contributed by atoms with E-state index in [4.69, 9.17) is 39.9 Å². The summed E-state index contributed by atoms with van der Waals surface area (Å²) in [5.74, 6) is -18.2. The number of aliphatic hydroxyl groups excluding tert-OH is 1. The van der Waals surface area contributed by atoms with Crippen LogP contribution in [0.2, 0.25) is 5.02 Å². The standard InChI is InChI=1S/C93H144ClN23O21S2/c1-8-9-27-63-89(135)114-41-19-31-70(114)86(132)101-54(6)77(123)112-68(50-118)84(130)110-66(48-56-23-11-10-12-24-56)83(129)113-69(85(131)108-64(29-14-16-39-96)90(136)117-44-22-34-73(117)91(137)115-42-20-32-71(115)87(133)103-59(76(97)122)35-36-74(120)121)51-140-139-45-37-62(80(126)109-65(46-52(2)3)81(127)105-61(30-18-40-100-93(98)99)78(124)104-60(79(125)107-63)28-13-15-38-95)106-82(128)67(49-57-25-17-26-58(94)47-57)111-88(134)72-33-21-43-116(72)92(138)75(53(4)5)102-55(7)119/h10-12,17,23-26,47,52-54,59-73,75,118H,8-9,13-16,18-22,27-46,48-51,95-96H2,1-7H3,(H2,97,122)(H,101,132)(H,102,119)(H,103,133)(H,104,124)(H,105,127)(H,106,128)(H,107,125)(H,108,131)(H,109,126)(H,110,130)(H,111,134)(H,112,123)(H,113,129)(H,120,121)(H4,98,99,100)/t54-,59-,60-,61-,62-,63-,64-,65-,66-,67-,68-,69?,70-,71-,72-,73-,75-/m0/s1. The van der Waals surface area contributed by atoms with Crippen molar-refractivity contribution in [2.75, 3.05) is 63.9 Å². The van der Waals surface area contributed by atoms with Crippen molar-refractivity contribution in [1.82, 2.24) is 94.0 Å². The Bertz CT molecular complexity index is 4620. The molecule has 0 saturated carbocycles. The number of hydrogen-bond donors (Lipinski definition) is 21. The number of hydrogen-bond acceptors (Lipinski definition) is 25. The molecule has 25 N–H and O–H groups in total. The van der Waals surface area contributed by atoms with Crippen LogP contribution in [0.4, 0.5) is 0 Å². The molecule has 17 atom stereocenters. The number of amides is 18. The summed E-state index contributed by atoms with van der Waals surface area (Å²) in [5.41, 5.74) is 24.1. The first-order chi connectivity index (χ1) is 66.7. The largest absolute Gasteiger partial charge is 0.481 e. The maximum absolute atomic E-state index is 15.7. The Kier molecular flexibility index (Phi) is 48.4. The van der Waals surface area contributed by atoms with E-state index in [1.54, 1.807) is 82.3 Å². The Morgan fingerprint density at radius 1 is 0.550 bits per heavy atom. The van der Waals surface area contributed by atoms with Crippen LogP contribution in [-0.2, 0) is 104 Å². The lowest BCUT2D eigenvalue weighted by molar-refractivity contribution is -0.148. The van der Waals surface area contributed by atoms with E-state index in [-0.39, 0.29) is 166 Å². The molecule has 0 aromatic heterocycles. The van der Waals surface area contributed by atoms with Crippen LogP contribution < -0.4 is 97.4 Å². The number of carbonyl (C=O) groups excluding carboxylic acids is 18. The van der Waals surface area contributed by atoms with Gasteiger partial charge in [-0.3, -0.25) is 96.5 Å². The Labute approximate surface area is 828 Å². The molecule has 776 valence electrons. The number of aliphatic hydroxyl groups is 1. The zero-order chi connectivity index (χ0) is 103. The lowest BCUT2D eigenvalue weighted by Crippen LogP contribution is -2.61. The number of fused-ring (bicyclic) bond motifs is 1. The van der Waals surface area contributed by atoms with E-state index >= 15 is 33.6 Å². The van der Waals surface area contributed by atoms with Crippen molar-refractivity contribution < 1.29 is 101 Å². The molecule has 2 aromatic carbocycles. The van der Waals surface area contributed by atoms with Gasteiger partial charge in [0.2, 0.25) is 106 Å². The van der Waals surface area contributed by atoms with Gasteiger partial charge in [0, 0.05) is 75.4 Å². The van der Waals surface area contributed by atoms with Gasteiger partial charge < -0.3 is 127 Å². The van der Waals surface area contributed by atoms with Gasteiger partial charge in [0.1, 0.15) is 103 Å². The van der Waals surface area contributed by atoms with E-state index in [1.807, 2.05) is 6.92 Å². The quantitative estimate of drug-likeness (QED) is 0.0149. The fraction of sp³-hybridized carbons (Fsp3) is 0.656. The highest BCUT2D eigenvalue weighted by Gasteiger charge is 2.48. The zero-order valence-electron chi connectivity index (χ0n) is 80.9. The lowest BCUT2D eigenvalue weighted by Gasteiger charge is -2.33. The van der Waals surface area contributed by atoms with Crippen LogP contribution >= 0.6 is 33.2 Å². The van der Waals surface area contributed by atoms with E-state index in [1.165, 1.54) is 33.4 Å². The smallest absolute Gasteiger partial charge is 0.303 e. The van der Waals surface area contributed by atoms with Crippen molar-refractivity contribution in [2.45, 2.75) is 312 Å². The van der Waals surface area contributed by atoms with Crippen LogP contribution in [0.3, 0.4) is 0 Å². The van der Waals surface area contributed by atoms with Crippen LogP contribution in [0.15, 0.2) is 54.6 Å². The monoisotopic (exact) mass is 2020 g/mol. The molecular formula is C93H144ClN23O21S2. The Morgan fingerprint density at radius 3 is 1.71 bits per heavy atom. The normalized spacial score (nSPS) is 24.1. The second-order valence-corrected chi connectivity index (χ2v) is 39.9. The highest BCUT2D eigenvalue weighted by molar-refractivity contribution is 8.76. The summed E-state index contributed by atoms with van der Waals surface area (Å²) >= 11 is 6.54. The number of nitrogens with one attached hydrogen (secondary N) is 15. The summed E-state index contributed by atoms with van der Waals surface area (Å²) in [4.78, 5) is 281. The molecule has 0 aliphatic carbocycles. The van der Waals surface area contributed by atoms with Gasteiger partial charge in [-0.1, -0.05) is 123 Å². The fourth-order valence-electron chi connectivity index (χ4n) is 17.5. The first kappa shape index (κ1) is 115. The zero-order valence-corrected chi connectivity index (χ0v) is 83.2. The molecule has 44 nitrogen and oxygen atoms in total. The van der Waals surface area contributed by atoms with Gasteiger partial charge in [-0.2, -0.15) is 0 Å². The van der Waals surface area contributed by atoms with Gasteiger partial charge in [-0.15, -0.1) is 0 Å². The fourth-order valence-corrected chi connectivity index (χ4v) is 19.9. The molecule has 140 heavy (non-hydrogen) atoms. The summed E-state index contributed by atoms with van der Waals surface area (Å²) in [6.45, 7) is 10.8. The number of carboxylic acids is 1. The third-order valence-electron chi connectivity index (χ3n) is 25.0. The number of rotatable bonds is 39. The van der Waals surface area contributed by atoms with Crippen LogP contribution in [-0.4, -0.2) is 315 Å². The topological polar surface area (TPSA) is 674 Å². The first-order valence-corrected chi connectivity index (χ1v) is 51.3. The van der Waals surface area contributed by atoms with Gasteiger partial charge in [0.05, 0.1) is 6.61 Å². The van der Waals surface area contributed by atoms with Crippen molar-refractivity contribution in [3.8, 4) is 0 Å². The first-order valence-electron chi connectivity index (χ1n) is 48.5. The predicted octanol–water partition coefficient (Wildman–Crippen LogP) is -2.03. The van der Waals surface area contributed by atoms with Crippen molar-refractivity contribution in [3.63, 3.8) is 0 Å². The highest BCUT2D eigenvalue weighted by Crippen LogP contribution is 2.30. The Morgan fingerprint density at radius 2 is 1.10 bits per heavy atom. The number of guanidine groups is 1. The number of benzene rings is 2. The number of nitrogens with zero attached hydrogens (tertiary/aromatic N) is 4. The minimum absolute atomic E-state index is 0.00894. The van der Waals surface area contributed by atoms with Gasteiger partial charge in [-0.05, 0) is 184 Å². The molecular weight excluding hydrogens is 1870 g/mol. The molecule has 0 radical (unpaired) electrons. The van der Waals surface area contributed by atoms with Gasteiger partial charge in [0.25, 0.3) is 0 Å². The number of likely N-dealkylation sites (tertiary alicyclic amines) is 3. The summed E-state index contributed by atoms with van der Waals surface area (Å²) in [7, 11) is 1.93. The van der Waals surface area contributed by atoms with Crippen LogP contribution in [0, 0.1) is 17.2 Å². The van der Waals surface area contributed by atoms with Crippen LogP contribution in [0.25, 0.3) is 0 Å². The van der Waals surface area contributed by atoms with E-state index in [0.29, 0.717) is 56.1 Å². The van der Waals surface area contributed by atoms with Crippen molar-refractivity contribution in [3.05, 3.63) is 70.7 Å². The van der Waals surface area contributed by atoms with Crippen molar-refractivity contribution in [1.29, 1.82) is 5.41 Å². The number of carbonyl (C=O) groups is 19. The molecule has 0 bridgehead atoms. The number of carboxylic acid groups (broad SMARTS) is 1. The molecule has 5 fully saturated rings. The summed E-state index contributed by atoms with van der Waals surface area (Å²) in [5, 5.41) is 66.3. The van der Waals surface area contributed by atoms with Gasteiger partial charge in [-0.25, -0.2) is 0 Å². The second-order valence-electron chi connectivity index (χ2n) is 36.8. The molecule has 2 aromatic rings. The molecule has 18 amide bonds. The average molecular weight is 2020 g/mol. The minimum atomic E-state index is -1.84. The third kappa shape index (κ3) is 36.2. The number of halogens is 1. The highest BCUT2D eigenvalue weighted by atomic mass is 35.5. The number of primary amides is 1. The molecule has 1 unspecified atom stereocenters. The molecule has 0 spiro atoms. The Balaban J connectivity index is 1.34. The maximum Gasteiger partial charge on any atom is 0.303 e. The summed E-state index contributed by atoms with van der Waals surface area (Å²) in [6, 6.07) is -9.66. The average Bonchev–Trinajstić information content (AvgIpc) is 1.65. The van der Waals surface area contributed by atoms with Gasteiger partial charge >= 0.3 is 5.97 Å². The van der Waals surface area contributed by atoms with E-state index in [2.05, 4.69) is 74.4 Å². The Hall–Kier alpha value is -11.5. The second kappa shape index (κ2) is 58.7. The molecule has 5 aliphatic heterocycles. The third-order valence-corrected chi connectivity index (χ3v) is 27.7. The van der Waals surface area contributed by atoms with E-state index in [9.17, 15) is 67.7 Å². The molecule has 47 heteroatoms. The molecule has 7 rings (SSSR count). The van der Waals surface area contributed by atoms with E-state index < -0.39 is 252 Å². The number of aliphatic carboxylic acids is 1. The van der Waals surface area contributed by atoms with Crippen molar-refractivity contribution >= 4 is 151 Å². The SMILES string of the molecule is CCCC[C@@H]1NC(=O)[C@H](CCCCN)NC(=O)[C@H](CCCNC(=N)N)NC(=O)[C@H](CC(C)C)NC(=O)[C@@H](NC(=O)[C@H](Cc2cccc(Cl)c2)NC(=O)[C@@H]2CCCN2C(=O)[C@@H](NC(C)=O)C(C)C)CCSSCC(C(=O)N[C@@H](CCCCN)C(=O)N2CCC[C@H]2C(=O)N2CCC[C@H]2C(=O)N[C@@H](CCC(=O)O)C(N)=O)NC(=O)[C@H](Cc2ccccc2)NC(=O)[C@H](CO)NC(=O)[C@H](C)NC(=O)[C@@H]2CCCN2C1=O. The summed E-state index contributed by atoms with van der Waals surface area (Å²) < 4.78 is 0. The molecule has 5 heterocycles. The van der Waals surface area contributed by atoms with Crippen LogP contribution in [0.5, 0.6) is 0 Å². The molecule has 5 aliphatic rings. The van der Waals surface area contributed by atoms with E-state index in [0.717, 1.165) is 21.6 Å². The molecule has 5 saturated heterocycles. The number of unbranched alkanes of at least 4 members (excludes halogenated alkanes) is 3. The van der Waals surface area contributed by atoms with Gasteiger partial charge in [0.15, 0.2) is 5.96 Å².